The molecule has 0 radical (unpaired) electrons. The number of unbranched alkanes of at least 4 members (excludes halogenated alkanes) is 1. The van der Waals surface area contributed by atoms with E-state index < -0.39 is 17.8 Å². The predicted molar refractivity (Wildman–Crippen MR) is 101 cm³/mol. The first-order valence-electron chi connectivity index (χ1n) is 9.49. The van der Waals surface area contributed by atoms with Gasteiger partial charge in [-0.3, -0.25) is 9.59 Å². The molecule has 0 saturated heterocycles. The summed E-state index contributed by atoms with van der Waals surface area (Å²) in [7, 11) is 0. The van der Waals surface area contributed by atoms with Gasteiger partial charge in [-0.1, -0.05) is 49.7 Å². The Morgan fingerprint density at radius 2 is 1.70 bits per heavy atom. The third kappa shape index (κ3) is 2.87. The zero-order valence-electron chi connectivity index (χ0n) is 15.2. The zero-order valence-corrected chi connectivity index (χ0v) is 15.2. The number of rotatable bonds is 5. The van der Waals surface area contributed by atoms with Crippen molar-refractivity contribution in [2.24, 2.45) is 11.8 Å². The number of esters is 1. The second-order valence-electron chi connectivity index (χ2n) is 7.27. The Labute approximate surface area is 158 Å². The van der Waals surface area contributed by atoms with E-state index in [2.05, 4.69) is 12.2 Å². The van der Waals surface area contributed by atoms with Crippen molar-refractivity contribution in [3.63, 3.8) is 0 Å². The number of carbonyl (C=O) groups is 2. The fraction of sp³-hybridized carbons (Fsp3) is 0.364. The summed E-state index contributed by atoms with van der Waals surface area (Å²) in [5.41, 5.74) is 1.52. The summed E-state index contributed by atoms with van der Waals surface area (Å²) in [6.45, 7) is 2.69. The van der Waals surface area contributed by atoms with E-state index >= 15 is 0 Å². The second kappa shape index (κ2) is 7.06. The average molecular weight is 365 g/mol. The molecule has 140 valence electrons. The van der Waals surface area contributed by atoms with Gasteiger partial charge in [-0.05, 0) is 29.7 Å². The molecule has 2 aromatic rings. The van der Waals surface area contributed by atoms with E-state index in [0.717, 1.165) is 18.4 Å². The Bertz CT molecular complexity index is 878. The molecule has 2 aliphatic rings. The Hall–Kier alpha value is -2.82. The molecule has 27 heavy (non-hydrogen) atoms. The van der Waals surface area contributed by atoms with Crippen molar-refractivity contribution in [2.75, 3.05) is 6.54 Å². The number of para-hydroxylation sites is 2. The molecule has 0 spiro atoms. The minimum atomic E-state index is -0.463. The van der Waals surface area contributed by atoms with E-state index in [1.54, 1.807) is 24.3 Å². The Balaban J connectivity index is 1.73. The van der Waals surface area contributed by atoms with Gasteiger partial charge in [-0.15, -0.1) is 0 Å². The first kappa shape index (κ1) is 17.6. The highest BCUT2D eigenvalue weighted by atomic mass is 16.5. The average Bonchev–Trinajstić information content (AvgIpc) is 2.63. The van der Waals surface area contributed by atoms with Gasteiger partial charge in [-0.25, -0.2) is 0 Å². The molecular formula is C22H23NO4. The van der Waals surface area contributed by atoms with Crippen molar-refractivity contribution >= 4 is 11.9 Å². The molecule has 0 aromatic heterocycles. The van der Waals surface area contributed by atoms with Crippen molar-refractivity contribution in [1.29, 1.82) is 0 Å². The van der Waals surface area contributed by atoms with Gasteiger partial charge in [0.05, 0.1) is 11.8 Å². The molecule has 1 aliphatic carbocycles. The van der Waals surface area contributed by atoms with Gasteiger partial charge in [0.1, 0.15) is 11.5 Å². The van der Waals surface area contributed by atoms with E-state index in [9.17, 15) is 14.7 Å². The highest BCUT2D eigenvalue weighted by Crippen LogP contribution is 2.62. The van der Waals surface area contributed by atoms with Crippen LogP contribution in [0.4, 0.5) is 0 Å². The van der Waals surface area contributed by atoms with Gasteiger partial charge < -0.3 is 15.2 Å². The molecule has 4 unspecified atom stereocenters. The number of aromatic hydroxyl groups is 1. The van der Waals surface area contributed by atoms with E-state index in [4.69, 9.17) is 4.74 Å². The van der Waals surface area contributed by atoms with Crippen molar-refractivity contribution in [3.8, 4) is 11.5 Å². The number of hydrogen-bond donors (Lipinski definition) is 2. The van der Waals surface area contributed by atoms with Crippen molar-refractivity contribution in [1.82, 2.24) is 5.32 Å². The lowest BCUT2D eigenvalue weighted by atomic mass is 9.51. The number of benzene rings is 2. The third-order valence-electron chi connectivity index (χ3n) is 5.74. The summed E-state index contributed by atoms with van der Waals surface area (Å²) < 4.78 is 5.53. The summed E-state index contributed by atoms with van der Waals surface area (Å²) in [6.07, 6.45) is 1.90. The van der Waals surface area contributed by atoms with Crippen LogP contribution in [-0.2, 0) is 9.59 Å². The Kier molecular flexibility index (Phi) is 4.60. The van der Waals surface area contributed by atoms with E-state index in [0.29, 0.717) is 17.9 Å². The predicted octanol–water partition coefficient (Wildman–Crippen LogP) is 3.34. The van der Waals surface area contributed by atoms with Crippen molar-refractivity contribution in [2.45, 2.75) is 31.6 Å². The largest absolute Gasteiger partial charge is 0.508 e. The SMILES string of the molecule is CCCCNC(=O)C1C(c2ccccc2O)C2C(=O)Oc3ccccc3C12. The molecule has 5 heteroatoms. The van der Waals surface area contributed by atoms with Crippen LogP contribution in [0.3, 0.4) is 0 Å². The van der Waals surface area contributed by atoms with Gasteiger partial charge in [0.15, 0.2) is 0 Å². The van der Waals surface area contributed by atoms with Gasteiger partial charge in [0.25, 0.3) is 0 Å². The zero-order chi connectivity index (χ0) is 19.0. The number of carbonyl (C=O) groups excluding carboxylic acids is 2. The first-order chi connectivity index (χ1) is 13.1. The lowest BCUT2D eigenvalue weighted by molar-refractivity contribution is -0.153. The summed E-state index contributed by atoms with van der Waals surface area (Å²) in [4.78, 5) is 25.7. The van der Waals surface area contributed by atoms with Crippen molar-refractivity contribution < 1.29 is 19.4 Å². The van der Waals surface area contributed by atoms with E-state index in [1.807, 2.05) is 24.3 Å². The Morgan fingerprint density at radius 3 is 2.44 bits per heavy atom. The number of nitrogens with one attached hydrogen (secondary N) is 1. The second-order valence-corrected chi connectivity index (χ2v) is 7.27. The van der Waals surface area contributed by atoms with Crippen LogP contribution >= 0.6 is 0 Å². The molecule has 0 bridgehead atoms. The highest BCUT2D eigenvalue weighted by molar-refractivity contribution is 5.91. The molecule has 1 aliphatic heterocycles. The topological polar surface area (TPSA) is 75.6 Å². The normalized spacial score (nSPS) is 25.6. The lowest BCUT2D eigenvalue weighted by Gasteiger charge is -2.52. The van der Waals surface area contributed by atoms with Crippen molar-refractivity contribution in [3.05, 3.63) is 59.7 Å². The van der Waals surface area contributed by atoms with Crippen LogP contribution in [0.5, 0.6) is 11.5 Å². The van der Waals surface area contributed by atoms with Crippen LogP contribution < -0.4 is 10.1 Å². The highest BCUT2D eigenvalue weighted by Gasteiger charge is 2.61. The van der Waals surface area contributed by atoms with Crippen LogP contribution in [-0.4, -0.2) is 23.5 Å². The maximum atomic E-state index is 13.0. The monoisotopic (exact) mass is 365 g/mol. The maximum absolute atomic E-state index is 13.0. The number of phenols is 1. The number of amides is 1. The fourth-order valence-corrected chi connectivity index (χ4v) is 4.44. The van der Waals surface area contributed by atoms with Gasteiger partial charge >= 0.3 is 5.97 Å². The molecule has 1 heterocycles. The summed E-state index contributed by atoms with van der Waals surface area (Å²) >= 11 is 0. The van der Waals surface area contributed by atoms with Gasteiger partial charge in [-0.2, -0.15) is 0 Å². The number of phenolic OH excluding ortho intramolecular Hbond substituents is 1. The molecule has 4 atom stereocenters. The first-order valence-corrected chi connectivity index (χ1v) is 9.49. The Morgan fingerprint density at radius 1 is 1.04 bits per heavy atom. The maximum Gasteiger partial charge on any atom is 0.315 e. The molecule has 1 amide bonds. The molecule has 1 fully saturated rings. The summed E-state index contributed by atoms with van der Waals surface area (Å²) in [6, 6.07) is 14.3. The smallest absolute Gasteiger partial charge is 0.315 e. The summed E-state index contributed by atoms with van der Waals surface area (Å²) in [5, 5.41) is 13.4. The van der Waals surface area contributed by atoms with E-state index in [1.165, 1.54) is 0 Å². The fourth-order valence-electron chi connectivity index (χ4n) is 4.44. The molecular weight excluding hydrogens is 342 g/mol. The number of fused-ring (bicyclic) bond motifs is 3. The molecule has 1 saturated carbocycles. The third-order valence-corrected chi connectivity index (χ3v) is 5.74. The van der Waals surface area contributed by atoms with Gasteiger partial charge in [0.2, 0.25) is 5.91 Å². The standard InChI is InChI=1S/C22H23NO4/c1-2-3-12-23-21(25)19-17(13-8-4-6-10-15(13)24)20-18(19)14-9-5-7-11-16(14)27-22(20)26/h4-11,17-20,24H,2-3,12H2,1H3,(H,23,25). The van der Waals surface area contributed by atoms with Crippen LogP contribution in [0.2, 0.25) is 0 Å². The van der Waals surface area contributed by atoms with Crippen LogP contribution in [0, 0.1) is 11.8 Å². The molecule has 4 rings (SSSR count). The van der Waals surface area contributed by atoms with E-state index in [-0.39, 0.29) is 23.5 Å². The lowest BCUT2D eigenvalue weighted by Crippen LogP contribution is -2.56. The van der Waals surface area contributed by atoms with Gasteiger partial charge in [0, 0.05) is 18.4 Å². The molecule has 5 nitrogen and oxygen atoms in total. The van der Waals surface area contributed by atoms with Crippen LogP contribution in [0.15, 0.2) is 48.5 Å². The molecule has 2 aromatic carbocycles. The molecule has 2 N–H and O–H groups in total. The minimum absolute atomic E-state index is 0.0672. The summed E-state index contributed by atoms with van der Waals surface area (Å²) in [5.74, 6) is -1.24. The minimum Gasteiger partial charge on any atom is -0.508 e. The number of ether oxygens (including phenoxy) is 1. The quantitative estimate of drug-likeness (QED) is 0.484. The van der Waals surface area contributed by atoms with Crippen LogP contribution in [0.25, 0.3) is 0 Å². The van der Waals surface area contributed by atoms with Crippen LogP contribution in [0.1, 0.15) is 42.7 Å². The number of hydrogen-bond acceptors (Lipinski definition) is 4.